The van der Waals surface area contributed by atoms with Crippen molar-refractivity contribution in [3.05, 3.63) is 60.2 Å². The van der Waals surface area contributed by atoms with Crippen molar-refractivity contribution in [1.29, 1.82) is 0 Å². The third-order valence-electron chi connectivity index (χ3n) is 3.05. The maximum Gasteiger partial charge on any atom is 0.260 e. The summed E-state index contributed by atoms with van der Waals surface area (Å²) in [6.45, 7) is 4.12. The molecule has 0 aliphatic carbocycles. The molecule has 0 heterocycles. The van der Waals surface area contributed by atoms with Gasteiger partial charge in [-0.1, -0.05) is 30.3 Å². The second-order valence-electron chi connectivity index (χ2n) is 5.04. The van der Waals surface area contributed by atoms with E-state index in [4.69, 9.17) is 0 Å². The summed E-state index contributed by atoms with van der Waals surface area (Å²) in [6, 6.07) is 17.5. The highest BCUT2D eigenvalue weighted by atomic mass is 16.2. The molecule has 0 atom stereocenters. The molecule has 0 aliphatic rings. The van der Waals surface area contributed by atoms with E-state index in [0.29, 0.717) is 5.56 Å². The molecule has 0 radical (unpaired) electrons. The predicted octanol–water partition coefficient (Wildman–Crippen LogP) is 3.78. The van der Waals surface area contributed by atoms with E-state index in [1.165, 1.54) is 0 Å². The van der Waals surface area contributed by atoms with Gasteiger partial charge in [-0.2, -0.15) is 0 Å². The van der Waals surface area contributed by atoms with Gasteiger partial charge in [0.2, 0.25) is 0 Å². The van der Waals surface area contributed by atoms with Crippen molar-refractivity contribution in [3.63, 3.8) is 0 Å². The number of hydrogen-bond acceptors (Lipinski definition) is 2. The van der Waals surface area contributed by atoms with Gasteiger partial charge in [-0.25, -0.2) is 0 Å². The lowest BCUT2D eigenvalue weighted by atomic mass is 10.1. The van der Waals surface area contributed by atoms with Crippen molar-refractivity contribution < 1.29 is 4.79 Å². The molecule has 104 valence electrons. The Balaban J connectivity index is 2.29. The van der Waals surface area contributed by atoms with E-state index in [2.05, 4.69) is 19.2 Å². The van der Waals surface area contributed by atoms with Gasteiger partial charge < -0.3 is 10.2 Å². The van der Waals surface area contributed by atoms with Crippen LogP contribution in [0, 0.1) is 0 Å². The molecular formula is C17H20N2O. The SMILES string of the molecule is CC(C)Nc1ccccc1C(=O)N(C)c1ccccc1. The molecule has 2 rings (SSSR count). The van der Waals surface area contributed by atoms with Gasteiger partial charge in [-0.15, -0.1) is 0 Å². The molecule has 0 bridgehead atoms. The number of nitrogens with zero attached hydrogens (tertiary/aromatic N) is 1. The van der Waals surface area contributed by atoms with Gasteiger partial charge in [0, 0.05) is 24.5 Å². The summed E-state index contributed by atoms with van der Waals surface area (Å²) in [4.78, 5) is 14.3. The predicted molar refractivity (Wildman–Crippen MR) is 84.4 cm³/mol. The summed E-state index contributed by atoms with van der Waals surface area (Å²) < 4.78 is 0. The molecule has 0 spiro atoms. The van der Waals surface area contributed by atoms with Crippen molar-refractivity contribution in [2.75, 3.05) is 17.3 Å². The zero-order valence-electron chi connectivity index (χ0n) is 12.1. The van der Waals surface area contributed by atoms with Gasteiger partial charge in [0.1, 0.15) is 0 Å². The molecule has 3 nitrogen and oxygen atoms in total. The molecule has 1 amide bonds. The van der Waals surface area contributed by atoms with Crippen LogP contribution in [-0.2, 0) is 0 Å². The fourth-order valence-corrected chi connectivity index (χ4v) is 2.06. The topological polar surface area (TPSA) is 32.3 Å². The Morgan fingerprint density at radius 2 is 1.60 bits per heavy atom. The molecule has 2 aromatic rings. The largest absolute Gasteiger partial charge is 0.382 e. The first-order valence-corrected chi connectivity index (χ1v) is 6.78. The molecular weight excluding hydrogens is 248 g/mol. The zero-order chi connectivity index (χ0) is 14.5. The molecule has 3 heteroatoms. The monoisotopic (exact) mass is 268 g/mol. The third kappa shape index (κ3) is 3.18. The zero-order valence-corrected chi connectivity index (χ0v) is 12.1. The number of benzene rings is 2. The van der Waals surface area contributed by atoms with Crippen LogP contribution in [-0.4, -0.2) is 19.0 Å². The first-order chi connectivity index (χ1) is 9.59. The molecule has 0 aromatic heterocycles. The standard InChI is InChI=1S/C17H20N2O/c1-13(2)18-16-12-8-7-11-15(16)17(20)19(3)14-9-5-4-6-10-14/h4-13,18H,1-3H3. The van der Waals surface area contributed by atoms with Crippen LogP contribution in [0.5, 0.6) is 0 Å². The maximum absolute atomic E-state index is 12.6. The van der Waals surface area contributed by atoms with Crippen molar-refractivity contribution in [3.8, 4) is 0 Å². The number of carbonyl (C=O) groups excluding carboxylic acids is 1. The lowest BCUT2D eigenvalue weighted by Crippen LogP contribution is -2.27. The summed E-state index contributed by atoms with van der Waals surface area (Å²) in [5.41, 5.74) is 2.44. The van der Waals surface area contributed by atoms with Gasteiger partial charge in [0.25, 0.3) is 5.91 Å². The van der Waals surface area contributed by atoms with Crippen LogP contribution in [0.15, 0.2) is 54.6 Å². The number of hydrogen-bond donors (Lipinski definition) is 1. The smallest absolute Gasteiger partial charge is 0.260 e. The van der Waals surface area contributed by atoms with E-state index in [9.17, 15) is 4.79 Å². The van der Waals surface area contributed by atoms with E-state index in [-0.39, 0.29) is 11.9 Å². The Morgan fingerprint density at radius 1 is 1.00 bits per heavy atom. The van der Waals surface area contributed by atoms with Crippen LogP contribution in [0.1, 0.15) is 24.2 Å². The van der Waals surface area contributed by atoms with Crippen molar-refractivity contribution in [1.82, 2.24) is 0 Å². The van der Waals surface area contributed by atoms with E-state index < -0.39 is 0 Å². The summed E-state index contributed by atoms with van der Waals surface area (Å²) in [5, 5.41) is 3.31. The molecule has 0 aliphatic heterocycles. The molecule has 0 unspecified atom stereocenters. The maximum atomic E-state index is 12.6. The minimum absolute atomic E-state index is 0.0139. The van der Waals surface area contributed by atoms with Crippen LogP contribution in [0.2, 0.25) is 0 Å². The summed E-state index contributed by atoms with van der Waals surface area (Å²) in [6.07, 6.45) is 0. The number of carbonyl (C=O) groups is 1. The highest BCUT2D eigenvalue weighted by molar-refractivity contribution is 6.09. The van der Waals surface area contributed by atoms with E-state index >= 15 is 0 Å². The Morgan fingerprint density at radius 3 is 2.25 bits per heavy atom. The Labute approximate surface area is 120 Å². The van der Waals surface area contributed by atoms with Crippen LogP contribution < -0.4 is 10.2 Å². The number of para-hydroxylation sites is 2. The molecule has 20 heavy (non-hydrogen) atoms. The van der Waals surface area contributed by atoms with Gasteiger partial charge in [0.15, 0.2) is 0 Å². The van der Waals surface area contributed by atoms with E-state index in [1.54, 1.807) is 11.9 Å². The van der Waals surface area contributed by atoms with Crippen molar-refractivity contribution in [2.45, 2.75) is 19.9 Å². The first kappa shape index (κ1) is 14.1. The van der Waals surface area contributed by atoms with Crippen LogP contribution >= 0.6 is 0 Å². The Hall–Kier alpha value is -2.29. The fraction of sp³-hybridized carbons (Fsp3) is 0.235. The Bertz CT molecular complexity index is 579. The first-order valence-electron chi connectivity index (χ1n) is 6.78. The molecule has 2 aromatic carbocycles. The summed E-state index contributed by atoms with van der Waals surface area (Å²) in [7, 11) is 1.80. The van der Waals surface area contributed by atoms with E-state index in [0.717, 1.165) is 11.4 Å². The number of amides is 1. The molecule has 0 saturated heterocycles. The second-order valence-corrected chi connectivity index (χ2v) is 5.04. The lowest BCUT2D eigenvalue weighted by molar-refractivity contribution is 0.0994. The second kappa shape index (κ2) is 6.24. The number of nitrogens with one attached hydrogen (secondary N) is 1. The summed E-state index contributed by atoms with van der Waals surface area (Å²) >= 11 is 0. The minimum Gasteiger partial charge on any atom is -0.382 e. The number of rotatable bonds is 4. The Kier molecular flexibility index (Phi) is 4.41. The number of anilines is 2. The fourth-order valence-electron chi connectivity index (χ4n) is 2.06. The minimum atomic E-state index is -0.0139. The van der Waals surface area contributed by atoms with Gasteiger partial charge >= 0.3 is 0 Å². The molecule has 0 fully saturated rings. The highest BCUT2D eigenvalue weighted by Gasteiger charge is 2.16. The molecule has 0 saturated carbocycles. The van der Waals surface area contributed by atoms with Crippen LogP contribution in [0.25, 0.3) is 0 Å². The highest BCUT2D eigenvalue weighted by Crippen LogP contribution is 2.21. The van der Waals surface area contributed by atoms with Gasteiger partial charge in [0.05, 0.1) is 5.56 Å². The quantitative estimate of drug-likeness (QED) is 0.915. The molecule has 1 N–H and O–H groups in total. The summed E-state index contributed by atoms with van der Waals surface area (Å²) in [5.74, 6) is -0.0139. The van der Waals surface area contributed by atoms with Crippen LogP contribution in [0.4, 0.5) is 11.4 Å². The van der Waals surface area contributed by atoms with Crippen LogP contribution in [0.3, 0.4) is 0 Å². The average molecular weight is 268 g/mol. The van der Waals surface area contributed by atoms with Crippen molar-refractivity contribution in [2.24, 2.45) is 0 Å². The normalized spacial score (nSPS) is 10.4. The third-order valence-corrected chi connectivity index (χ3v) is 3.05. The van der Waals surface area contributed by atoms with E-state index in [1.807, 2.05) is 54.6 Å². The lowest BCUT2D eigenvalue weighted by Gasteiger charge is -2.20. The van der Waals surface area contributed by atoms with Gasteiger partial charge in [-0.05, 0) is 38.1 Å². The average Bonchev–Trinajstić information content (AvgIpc) is 2.46. The van der Waals surface area contributed by atoms with Crippen molar-refractivity contribution >= 4 is 17.3 Å². The van der Waals surface area contributed by atoms with Gasteiger partial charge in [-0.3, -0.25) is 4.79 Å².